The van der Waals surface area contributed by atoms with Gasteiger partial charge in [0.25, 0.3) is 0 Å². The molecule has 0 saturated carbocycles. The highest BCUT2D eigenvalue weighted by Crippen LogP contribution is 2.12. The first-order valence-electron chi connectivity index (χ1n) is 6.69. The molecule has 4 nitrogen and oxygen atoms in total. The normalized spacial score (nSPS) is 11.9. The maximum Gasteiger partial charge on any atom is 0.335 e. The number of carbonyl (C=O) groups is 2. The number of rotatable bonds is 6. The van der Waals surface area contributed by atoms with E-state index in [4.69, 9.17) is 5.11 Å². The standard InChI is InChI=1S/C16H17NO3S/c1-11(9-13-6-4-8-21-13)17-15(18)10-12-5-2-3-7-14(12)16(19)20/h2-8,11H,9-10H2,1H3,(H,17,18)(H,19,20). The Balaban J connectivity index is 1.94. The summed E-state index contributed by atoms with van der Waals surface area (Å²) in [5, 5.41) is 14.0. The predicted molar refractivity (Wildman–Crippen MR) is 82.7 cm³/mol. The van der Waals surface area contributed by atoms with Gasteiger partial charge in [0.2, 0.25) is 5.91 Å². The van der Waals surface area contributed by atoms with Crippen LogP contribution in [0.4, 0.5) is 0 Å². The molecule has 0 fully saturated rings. The van der Waals surface area contributed by atoms with E-state index in [-0.39, 0.29) is 23.9 Å². The van der Waals surface area contributed by atoms with Crippen LogP contribution in [0.5, 0.6) is 0 Å². The molecule has 0 saturated heterocycles. The quantitative estimate of drug-likeness (QED) is 0.862. The second-order valence-electron chi connectivity index (χ2n) is 4.89. The summed E-state index contributed by atoms with van der Waals surface area (Å²) in [5.74, 6) is -1.17. The van der Waals surface area contributed by atoms with Crippen LogP contribution in [0.2, 0.25) is 0 Å². The fourth-order valence-corrected chi connectivity index (χ4v) is 3.00. The van der Waals surface area contributed by atoms with Crippen molar-refractivity contribution in [2.75, 3.05) is 0 Å². The Bertz CT molecular complexity index is 622. The third-order valence-corrected chi connectivity index (χ3v) is 3.99. The highest BCUT2D eigenvalue weighted by Gasteiger charge is 2.14. The maximum atomic E-state index is 12.0. The monoisotopic (exact) mass is 303 g/mol. The SMILES string of the molecule is CC(Cc1cccs1)NC(=O)Cc1ccccc1C(=O)O. The lowest BCUT2D eigenvalue weighted by atomic mass is 10.0. The van der Waals surface area contributed by atoms with E-state index in [0.717, 1.165) is 6.42 Å². The average molecular weight is 303 g/mol. The molecule has 0 bridgehead atoms. The molecule has 1 unspecified atom stereocenters. The zero-order chi connectivity index (χ0) is 15.2. The zero-order valence-electron chi connectivity index (χ0n) is 11.7. The van der Waals surface area contributed by atoms with Gasteiger partial charge in [-0.15, -0.1) is 11.3 Å². The molecule has 0 aliphatic rings. The minimum atomic E-state index is -1.01. The van der Waals surface area contributed by atoms with Crippen LogP contribution < -0.4 is 5.32 Å². The molecule has 1 atom stereocenters. The Labute approximate surface area is 127 Å². The molecule has 0 spiro atoms. The van der Waals surface area contributed by atoms with Crippen LogP contribution in [0.15, 0.2) is 41.8 Å². The van der Waals surface area contributed by atoms with Crippen LogP contribution in [0, 0.1) is 0 Å². The van der Waals surface area contributed by atoms with Crippen molar-refractivity contribution in [1.29, 1.82) is 0 Å². The van der Waals surface area contributed by atoms with E-state index in [0.29, 0.717) is 5.56 Å². The molecule has 5 heteroatoms. The predicted octanol–water partition coefficient (Wildman–Crippen LogP) is 2.74. The van der Waals surface area contributed by atoms with E-state index in [1.165, 1.54) is 10.9 Å². The van der Waals surface area contributed by atoms with Crippen molar-refractivity contribution in [1.82, 2.24) is 5.32 Å². The van der Waals surface area contributed by atoms with Crippen molar-refractivity contribution >= 4 is 23.2 Å². The minimum Gasteiger partial charge on any atom is -0.478 e. The lowest BCUT2D eigenvalue weighted by molar-refractivity contribution is -0.121. The minimum absolute atomic E-state index is 0.0214. The van der Waals surface area contributed by atoms with E-state index in [2.05, 4.69) is 5.32 Å². The second-order valence-corrected chi connectivity index (χ2v) is 5.92. The fourth-order valence-electron chi connectivity index (χ4n) is 2.16. The van der Waals surface area contributed by atoms with Gasteiger partial charge in [0.05, 0.1) is 12.0 Å². The molecule has 0 radical (unpaired) electrons. The Morgan fingerprint density at radius 3 is 2.67 bits per heavy atom. The number of hydrogen-bond donors (Lipinski definition) is 2. The number of aromatic carboxylic acids is 1. The first kappa shape index (κ1) is 15.3. The third-order valence-electron chi connectivity index (χ3n) is 3.09. The number of thiophene rings is 1. The maximum absolute atomic E-state index is 12.0. The number of benzene rings is 1. The van der Waals surface area contributed by atoms with Gasteiger partial charge >= 0.3 is 5.97 Å². The van der Waals surface area contributed by atoms with Gasteiger partial charge in [-0.3, -0.25) is 4.79 Å². The largest absolute Gasteiger partial charge is 0.478 e. The average Bonchev–Trinajstić information content (AvgIpc) is 2.91. The van der Waals surface area contributed by atoms with Crippen LogP contribution in [-0.4, -0.2) is 23.0 Å². The summed E-state index contributed by atoms with van der Waals surface area (Å²) < 4.78 is 0. The number of carboxylic acid groups (broad SMARTS) is 1. The molecular formula is C16H17NO3S. The number of hydrogen-bond acceptors (Lipinski definition) is 3. The fraction of sp³-hybridized carbons (Fsp3) is 0.250. The summed E-state index contributed by atoms with van der Waals surface area (Å²) in [4.78, 5) is 24.3. The Morgan fingerprint density at radius 2 is 2.00 bits per heavy atom. The number of amides is 1. The lowest BCUT2D eigenvalue weighted by Crippen LogP contribution is -2.35. The molecule has 2 N–H and O–H groups in total. The van der Waals surface area contributed by atoms with Gasteiger partial charge in [0.1, 0.15) is 0 Å². The van der Waals surface area contributed by atoms with Crippen molar-refractivity contribution in [3.05, 3.63) is 57.8 Å². The van der Waals surface area contributed by atoms with Gasteiger partial charge in [0.15, 0.2) is 0 Å². The summed E-state index contributed by atoms with van der Waals surface area (Å²) in [7, 11) is 0. The van der Waals surface area contributed by atoms with Gasteiger partial charge in [0, 0.05) is 17.3 Å². The topological polar surface area (TPSA) is 66.4 Å². The molecule has 1 amide bonds. The van der Waals surface area contributed by atoms with E-state index >= 15 is 0 Å². The van der Waals surface area contributed by atoms with Gasteiger partial charge in [-0.2, -0.15) is 0 Å². The Kier molecular flexibility index (Phi) is 5.11. The molecule has 1 aromatic carbocycles. The van der Waals surface area contributed by atoms with Crippen LogP contribution in [0.3, 0.4) is 0 Å². The third kappa shape index (κ3) is 4.43. The Morgan fingerprint density at radius 1 is 1.24 bits per heavy atom. The zero-order valence-corrected chi connectivity index (χ0v) is 12.5. The molecule has 1 aromatic heterocycles. The number of carboxylic acids is 1. The number of nitrogens with one attached hydrogen (secondary N) is 1. The second kappa shape index (κ2) is 7.04. The van der Waals surface area contributed by atoms with Crippen molar-refractivity contribution in [3.8, 4) is 0 Å². The molecule has 0 aliphatic carbocycles. The smallest absolute Gasteiger partial charge is 0.335 e. The van der Waals surface area contributed by atoms with Crippen LogP contribution >= 0.6 is 11.3 Å². The van der Waals surface area contributed by atoms with Gasteiger partial charge in [-0.1, -0.05) is 24.3 Å². The Hall–Kier alpha value is -2.14. The van der Waals surface area contributed by atoms with Crippen molar-refractivity contribution in [3.63, 3.8) is 0 Å². The molecular weight excluding hydrogens is 286 g/mol. The first-order chi connectivity index (χ1) is 10.1. The lowest BCUT2D eigenvalue weighted by Gasteiger charge is -2.13. The summed E-state index contributed by atoms with van der Waals surface area (Å²) in [6.07, 6.45) is 0.862. The first-order valence-corrected chi connectivity index (χ1v) is 7.57. The molecule has 2 rings (SSSR count). The molecule has 2 aromatic rings. The summed E-state index contributed by atoms with van der Waals surface area (Å²) in [5.41, 5.74) is 0.712. The molecule has 0 aliphatic heterocycles. The van der Waals surface area contributed by atoms with E-state index in [1.807, 2.05) is 24.4 Å². The van der Waals surface area contributed by atoms with Crippen LogP contribution in [-0.2, 0) is 17.6 Å². The summed E-state index contributed by atoms with van der Waals surface area (Å²) >= 11 is 1.66. The van der Waals surface area contributed by atoms with Crippen molar-refractivity contribution in [2.24, 2.45) is 0 Å². The van der Waals surface area contributed by atoms with Crippen molar-refractivity contribution < 1.29 is 14.7 Å². The van der Waals surface area contributed by atoms with E-state index in [9.17, 15) is 9.59 Å². The molecule has 110 valence electrons. The van der Waals surface area contributed by atoms with E-state index in [1.54, 1.807) is 29.5 Å². The highest BCUT2D eigenvalue weighted by molar-refractivity contribution is 7.09. The molecule has 21 heavy (non-hydrogen) atoms. The highest BCUT2D eigenvalue weighted by atomic mass is 32.1. The van der Waals surface area contributed by atoms with Gasteiger partial charge in [-0.05, 0) is 30.0 Å². The van der Waals surface area contributed by atoms with Gasteiger partial charge < -0.3 is 10.4 Å². The summed E-state index contributed by atoms with van der Waals surface area (Å²) in [6, 6.07) is 10.6. The van der Waals surface area contributed by atoms with Crippen LogP contribution in [0.25, 0.3) is 0 Å². The van der Waals surface area contributed by atoms with Crippen molar-refractivity contribution in [2.45, 2.75) is 25.8 Å². The summed E-state index contributed by atoms with van der Waals surface area (Å²) in [6.45, 7) is 1.95. The molecule has 1 heterocycles. The van der Waals surface area contributed by atoms with Crippen LogP contribution in [0.1, 0.15) is 27.7 Å². The van der Waals surface area contributed by atoms with E-state index < -0.39 is 5.97 Å². The van der Waals surface area contributed by atoms with Gasteiger partial charge in [-0.25, -0.2) is 4.79 Å². The number of carbonyl (C=O) groups excluding carboxylic acids is 1.